The van der Waals surface area contributed by atoms with Crippen LogP contribution >= 0.6 is 0 Å². The number of carbonyl (C=O) groups excluding carboxylic acids is 4. The molecule has 3 aliphatic rings. The average molecular weight is 475 g/mol. The van der Waals surface area contributed by atoms with Crippen molar-refractivity contribution in [2.24, 2.45) is 0 Å². The van der Waals surface area contributed by atoms with Gasteiger partial charge in [0.25, 0.3) is 0 Å². The van der Waals surface area contributed by atoms with Gasteiger partial charge in [-0.1, -0.05) is 36.4 Å². The highest BCUT2D eigenvalue weighted by Gasteiger charge is 2.56. The number of hydrogen-bond acceptors (Lipinski definition) is 4. The largest absolute Gasteiger partial charge is 0.341 e. The lowest BCUT2D eigenvalue weighted by molar-refractivity contribution is -0.148. The second-order valence-electron chi connectivity index (χ2n) is 9.63. The summed E-state index contributed by atoms with van der Waals surface area (Å²) in [4.78, 5) is 54.7. The van der Waals surface area contributed by atoms with Crippen molar-refractivity contribution in [1.82, 2.24) is 15.1 Å². The van der Waals surface area contributed by atoms with Crippen molar-refractivity contribution in [3.63, 3.8) is 0 Å². The summed E-state index contributed by atoms with van der Waals surface area (Å²) in [5.74, 6) is -0.757. The topological polar surface area (TPSA) is 98.8 Å². The number of nitrogens with zero attached hydrogens (tertiary/aromatic N) is 2. The average Bonchev–Trinajstić information content (AvgIpc) is 3.36. The third-order valence-corrected chi connectivity index (χ3v) is 7.64. The molecule has 8 heteroatoms. The second-order valence-corrected chi connectivity index (χ2v) is 9.63. The zero-order valence-electron chi connectivity index (χ0n) is 19.9. The van der Waals surface area contributed by atoms with E-state index >= 15 is 0 Å². The summed E-state index contributed by atoms with van der Waals surface area (Å²) in [6.07, 6.45) is 4.08. The van der Waals surface area contributed by atoms with Gasteiger partial charge in [0.05, 0.1) is 11.5 Å². The number of carbonyl (C=O) groups is 4. The standard InChI is InChI=1S/C27H30N4O4/c1-28-26(35)29-20-10-11-21-19(15-20)12-13-27(21)16-23(32)31(25(27)34)17-24(33)30-14-6-5-9-22(30)18-7-3-2-4-8-18/h2-4,7-8,10-11,15,22H,5-6,9,12-14,16-17H2,1H3,(H2,28,29,35)/t22-,27-/m1/s1. The molecule has 0 saturated carbocycles. The molecule has 5 amide bonds. The zero-order chi connectivity index (χ0) is 24.6. The van der Waals surface area contributed by atoms with Crippen LogP contribution in [0.1, 0.15) is 54.8 Å². The molecule has 2 heterocycles. The predicted molar refractivity (Wildman–Crippen MR) is 131 cm³/mol. The number of rotatable bonds is 4. The summed E-state index contributed by atoms with van der Waals surface area (Å²) >= 11 is 0. The zero-order valence-corrected chi connectivity index (χ0v) is 19.9. The minimum absolute atomic E-state index is 0.0299. The molecule has 2 N–H and O–H groups in total. The lowest BCUT2D eigenvalue weighted by Crippen LogP contribution is -2.47. The summed E-state index contributed by atoms with van der Waals surface area (Å²) in [6, 6.07) is 15.1. The molecule has 0 aromatic heterocycles. The third-order valence-electron chi connectivity index (χ3n) is 7.64. The van der Waals surface area contributed by atoms with Gasteiger partial charge in [0.1, 0.15) is 6.54 Å². The molecule has 0 bridgehead atoms. The number of benzene rings is 2. The number of aryl methyl sites for hydroxylation is 1. The highest BCUT2D eigenvalue weighted by Crippen LogP contribution is 2.47. The maximum Gasteiger partial charge on any atom is 0.318 e. The van der Waals surface area contributed by atoms with E-state index in [-0.39, 0.29) is 42.8 Å². The van der Waals surface area contributed by atoms with Crippen molar-refractivity contribution in [2.45, 2.75) is 50.0 Å². The minimum atomic E-state index is -0.918. The molecule has 0 radical (unpaired) electrons. The van der Waals surface area contributed by atoms with E-state index in [9.17, 15) is 19.2 Å². The lowest BCUT2D eigenvalue weighted by Gasteiger charge is -2.37. The first-order valence-corrected chi connectivity index (χ1v) is 12.2. The van der Waals surface area contributed by atoms with Gasteiger partial charge in [0, 0.05) is 25.7 Å². The van der Waals surface area contributed by atoms with Gasteiger partial charge >= 0.3 is 6.03 Å². The van der Waals surface area contributed by atoms with Crippen molar-refractivity contribution in [1.29, 1.82) is 0 Å². The molecule has 5 rings (SSSR count). The Balaban J connectivity index is 1.34. The van der Waals surface area contributed by atoms with E-state index in [1.807, 2.05) is 47.4 Å². The highest BCUT2D eigenvalue weighted by atomic mass is 16.2. The van der Waals surface area contributed by atoms with Crippen LogP contribution in [0.25, 0.3) is 0 Å². The van der Waals surface area contributed by atoms with E-state index in [2.05, 4.69) is 10.6 Å². The fourth-order valence-electron chi connectivity index (χ4n) is 5.87. The van der Waals surface area contributed by atoms with Gasteiger partial charge in [0.15, 0.2) is 0 Å². The monoisotopic (exact) mass is 474 g/mol. The van der Waals surface area contributed by atoms with Crippen molar-refractivity contribution in [2.75, 3.05) is 25.5 Å². The summed E-state index contributed by atoms with van der Waals surface area (Å²) < 4.78 is 0. The number of likely N-dealkylation sites (tertiary alicyclic amines) is 2. The molecule has 2 saturated heterocycles. The molecular formula is C27H30N4O4. The second kappa shape index (κ2) is 9.17. The van der Waals surface area contributed by atoms with Gasteiger partial charge in [-0.25, -0.2) is 4.79 Å². The van der Waals surface area contributed by atoms with Gasteiger partial charge < -0.3 is 15.5 Å². The molecule has 2 atom stereocenters. The Bertz CT molecular complexity index is 1180. The Morgan fingerprint density at radius 1 is 1.09 bits per heavy atom. The fourth-order valence-corrected chi connectivity index (χ4v) is 5.87. The number of imide groups is 1. The fraction of sp³-hybridized carbons (Fsp3) is 0.407. The van der Waals surface area contributed by atoms with E-state index in [0.29, 0.717) is 25.1 Å². The number of hydrogen-bond donors (Lipinski definition) is 2. The maximum atomic E-state index is 13.6. The van der Waals surface area contributed by atoms with Crippen molar-refractivity contribution in [3.05, 3.63) is 65.2 Å². The SMILES string of the molecule is CNC(=O)Nc1ccc2c(c1)CC[C@@]21CC(=O)N(CC(=O)N2CCCC[C@@H]2c2ccccc2)C1=O. The molecule has 2 aromatic carbocycles. The number of piperidine rings is 1. The molecule has 2 fully saturated rings. The normalized spacial score (nSPS) is 23.5. The molecule has 1 aliphatic carbocycles. The van der Waals surface area contributed by atoms with Gasteiger partial charge in [-0.15, -0.1) is 0 Å². The van der Waals surface area contributed by atoms with Crippen LogP contribution in [0.2, 0.25) is 0 Å². The van der Waals surface area contributed by atoms with E-state index in [4.69, 9.17) is 0 Å². The molecule has 182 valence electrons. The lowest BCUT2D eigenvalue weighted by atomic mass is 9.80. The summed E-state index contributed by atoms with van der Waals surface area (Å²) in [5, 5.41) is 5.26. The third kappa shape index (κ3) is 4.07. The van der Waals surface area contributed by atoms with E-state index in [1.165, 1.54) is 4.90 Å². The predicted octanol–water partition coefficient (Wildman–Crippen LogP) is 3.13. The van der Waals surface area contributed by atoms with Crippen LogP contribution < -0.4 is 10.6 Å². The Morgan fingerprint density at radius 2 is 1.89 bits per heavy atom. The van der Waals surface area contributed by atoms with Crippen molar-refractivity contribution >= 4 is 29.4 Å². The Kier molecular flexibility index (Phi) is 6.05. The number of amides is 5. The molecule has 0 unspecified atom stereocenters. The van der Waals surface area contributed by atoms with Crippen LogP contribution in [0, 0.1) is 0 Å². The summed E-state index contributed by atoms with van der Waals surface area (Å²) in [6.45, 7) is 0.415. The molecule has 2 aromatic rings. The van der Waals surface area contributed by atoms with Crippen LogP contribution in [0.4, 0.5) is 10.5 Å². The Hall–Kier alpha value is -3.68. The molecule has 35 heavy (non-hydrogen) atoms. The summed E-state index contributed by atoms with van der Waals surface area (Å²) in [5.41, 5.74) is 2.59. The molecule has 1 spiro atoms. The quantitative estimate of drug-likeness (QED) is 0.665. The van der Waals surface area contributed by atoms with E-state index in [1.54, 1.807) is 13.1 Å². The van der Waals surface area contributed by atoms with Crippen molar-refractivity contribution < 1.29 is 19.2 Å². The molecular weight excluding hydrogens is 444 g/mol. The number of urea groups is 1. The van der Waals surface area contributed by atoms with Crippen LogP contribution in [0.3, 0.4) is 0 Å². The number of anilines is 1. The number of nitrogens with one attached hydrogen (secondary N) is 2. The first kappa shape index (κ1) is 23.1. The van der Waals surface area contributed by atoms with Crippen LogP contribution in [0.5, 0.6) is 0 Å². The van der Waals surface area contributed by atoms with Crippen LogP contribution in [-0.2, 0) is 26.2 Å². The Labute approximate surface area is 204 Å². The van der Waals surface area contributed by atoms with Crippen molar-refractivity contribution in [3.8, 4) is 0 Å². The molecule has 8 nitrogen and oxygen atoms in total. The van der Waals surface area contributed by atoms with Gasteiger partial charge in [-0.2, -0.15) is 0 Å². The van der Waals surface area contributed by atoms with Crippen LogP contribution in [-0.4, -0.2) is 53.7 Å². The van der Waals surface area contributed by atoms with Crippen LogP contribution in [0.15, 0.2) is 48.5 Å². The summed E-state index contributed by atoms with van der Waals surface area (Å²) in [7, 11) is 1.54. The van der Waals surface area contributed by atoms with E-state index in [0.717, 1.165) is 36.0 Å². The Morgan fingerprint density at radius 3 is 2.66 bits per heavy atom. The number of fused-ring (bicyclic) bond motifs is 2. The smallest absolute Gasteiger partial charge is 0.318 e. The van der Waals surface area contributed by atoms with Gasteiger partial charge in [-0.3, -0.25) is 19.3 Å². The first-order chi connectivity index (χ1) is 16.9. The van der Waals surface area contributed by atoms with Gasteiger partial charge in [0.2, 0.25) is 17.7 Å². The highest BCUT2D eigenvalue weighted by molar-refractivity contribution is 6.11. The minimum Gasteiger partial charge on any atom is -0.341 e. The first-order valence-electron chi connectivity index (χ1n) is 12.2. The van der Waals surface area contributed by atoms with Gasteiger partial charge in [-0.05, 0) is 60.9 Å². The van der Waals surface area contributed by atoms with E-state index < -0.39 is 5.41 Å². The maximum absolute atomic E-state index is 13.6. The molecule has 2 aliphatic heterocycles.